The second kappa shape index (κ2) is 10.2. The number of hydrogen-bond acceptors (Lipinski definition) is 5. The standard InChI is InChI=1S/C20H21Cl2N3O3.ClH/c1-28-20(27)17-10-16(18-14(22)8-13(21)9-15(18)24-17)25-19(26)12-4-2-11(3-5-12)6-7-23;/h2-5,8-9,16-17,24H,6-7,10,23H2,1H3,(H,25,26);1H/t16-,17+;/m0./s1. The molecule has 0 saturated carbocycles. The minimum atomic E-state index is -0.621. The van der Waals surface area contributed by atoms with Crippen LogP contribution in [0.4, 0.5) is 5.69 Å². The summed E-state index contributed by atoms with van der Waals surface area (Å²) in [4.78, 5) is 24.8. The summed E-state index contributed by atoms with van der Waals surface area (Å²) in [5, 5.41) is 6.91. The van der Waals surface area contributed by atoms with E-state index >= 15 is 0 Å². The SMILES string of the molecule is COC(=O)[C@H]1C[C@H](NC(=O)c2ccc(CCN)cc2)c2c(Cl)cc(Cl)cc2N1.Cl. The zero-order chi connectivity index (χ0) is 20.3. The number of anilines is 1. The number of rotatable bonds is 5. The third kappa shape index (κ3) is 5.34. The molecule has 0 aliphatic carbocycles. The number of ether oxygens (including phenoxy) is 1. The van der Waals surface area contributed by atoms with Crippen LogP contribution in [0, 0.1) is 0 Å². The largest absolute Gasteiger partial charge is 0.467 e. The van der Waals surface area contributed by atoms with Crippen molar-refractivity contribution < 1.29 is 14.3 Å². The monoisotopic (exact) mass is 457 g/mol. The van der Waals surface area contributed by atoms with E-state index in [1.165, 1.54) is 7.11 Å². The molecule has 1 amide bonds. The molecule has 0 saturated heterocycles. The molecule has 1 heterocycles. The molecule has 6 nitrogen and oxygen atoms in total. The van der Waals surface area contributed by atoms with Crippen LogP contribution < -0.4 is 16.4 Å². The van der Waals surface area contributed by atoms with Crippen LogP contribution in [0.2, 0.25) is 10.0 Å². The van der Waals surface area contributed by atoms with Gasteiger partial charge in [-0.25, -0.2) is 4.79 Å². The van der Waals surface area contributed by atoms with Gasteiger partial charge in [0.05, 0.1) is 13.2 Å². The van der Waals surface area contributed by atoms with Gasteiger partial charge in [0.25, 0.3) is 5.91 Å². The van der Waals surface area contributed by atoms with Gasteiger partial charge >= 0.3 is 5.97 Å². The molecule has 1 aliphatic rings. The topological polar surface area (TPSA) is 93.5 Å². The Kier molecular flexibility index (Phi) is 8.16. The van der Waals surface area contributed by atoms with E-state index in [0.717, 1.165) is 12.0 Å². The summed E-state index contributed by atoms with van der Waals surface area (Å²) in [7, 11) is 1.32. The van der Waals surface area contributed by atoms with E-state index in [2.05, 4.69) is 10.6 Å². The maximum Gasteiger partial charge on any atom is 0.328 e. The second-order valence-corrected chi connectivity index (χ2v) is 7.41. The summed E-state index contributed by atoms with van der Waals surface area (Å²) in [6.07, 6.45) is 1.05. The zero-order valence-corrected chi connectivity index (χ0v) is 18.0. The quantitative estimate of drug-likeness (QED) is 0.593. The van der Waals surface area contributed by atoms with Crippen LogP contribution in [0.1, 0.15) is 33.9 Å². The van der Waals surface area contributed by atoms with Crippen LogP contribution in [-0.2, 0) is 16.0 Å². The molecule has 9 heteroatoms. The van der Waals surface area contributed by atoms with E-state index in [9.17, 15) is 9.59 Å². The molecule has 0 fully saturated rings. The third-order valence-corrected chi connectivity index (χ3v) is 5.22. The van der Waals surface area contributed by atoms with Crippen LogP contribution in [0.15, 0.2) is 36.4 Å². The minimum Gasteiger partial charge on any atom is -0.467 e. The van der Waals surface area contributed by atoms with Gasteiger partial charge in [-0.15, -0.1) is 12.4 Å². The number of methoxy groups -OCH3 is 1. The van der Waals surface area contributed by atoms with Gasteiger partial charge in [-0.3, -0.25) is 4.79 Å². The van der Waals surface area contributed by atoms with Gasteiger partial charge in [-0.2, -0.15) is 0 Å². The molecule has 2 aromatic carbocycles. The highest BCUT2D eigenvalue weighted by atomic mass is 35.5. The highest BCUT2D eigenvalue weighted by Gasteiger charge is 2.34. The van der Waals surface area contributed by atoms with E-state index in [-0.39, 0.29) is 18.3 Å². The van der Waals surface area contributed by atoms with Gasteiger partial charge in [0.15, 0.2) is 0 Å². The fourth-order valence-electron chi connectivity index (χ4n) is 3.32. The molecule has 3 rings (SSSR count). The first-order chi connectivity index (χ1) is 13.4. The van der Waals surface area contributed by atoms with E-state index < -0.39 is 18.1 Å². The fraction of sp³-hybridized carbons (Fsp3) is 0.300. The summed E-state index contributed by atoms with van der Waals surface area (Å²) < 4.78 is 4.85. The molecular weight excluding hydrogens is 437 g/mol. The average molecular weight is 459 g/mol. The third-order valence-electron chi connectivity index (χ3n) is 4.68. The Balaban J connectivity index is 0.00000300. The number of halogens is 3. The number of amides is 1. The predicted octanol–water partition coefficient (Wildman–Crippen LogP) is 3.74. The maximum absolute atomic E-state index is 12.8. The zero-order valence-electron chi connectivity index (χ0n) is 15.7. The van der Waals surface area contributed by atoms with Crippen molar-refractivity contribution in [1.29, 1.82) is 0 Å². The first kappa shape index (κ1) is 23.3. The van der Waals surface area contributed by atoms with Gasteiger partial charge in [-0.1, -0.05) is 35.3 Å². The van der Waals surface area contributed by atoms with Crippen molar-refractivity contribution in [2.75, 3.05) is 19.0 Å². The molecule has 156 valence electrons. The van der Waals surface area contributed by atoms with Crippen molar-refractivity contribution in [1.82, 2.24) is 5.32 Å². The van der Waals surface area contributed by atoms with Crippen molar-refractivity contribution in [3.63, 3.8) is 0 Å². The van der Waals surface area contributed by atoms with Crippen molar-refractivity contribution in [2.45, 2.75) is 24.9 Å². The van der Waals surface area contributed by atoms with Crippen molar-refractivity contribution in [3.05, 3.63) is 63.1 Å². The van der Waals surface area contributed by atoms with Gasteiger partial charge in [-0.05, 0) is 42.8 Å². The summed E-state index contributed by atoms with van der Waals surface area (Å²) in [6.45, 7) is 0.549. The number of nitrogens with one attached hydrogen (secondary N) is 2. The smallest absolute Gasteiger partial charge is 0.328 e. The Morgan fingerprint density at radius 3 is 2.55 bits per heavy atom. The lowest BCUT2D eigenvalue weighted by molar-refractivity contribution is -0.141. The van der Waals surface area contributed by atoms with Crippen molar-refractivity contribution in [2.24, 2.45) is 5.73 Å². The molecule has 1 aliphatic heterocycles. The summed E-state index contributed by atoms with van der Waals surface area (Å²) in [5.74, 6) is -0.682. The van der Waals surface area contributed by atoms with Gasteiger partial charge in [0.1, 0.15) is 6.04 Å². The highest BCUT2D eigenvalue weighted by Crippen LogP contribution is 2.40. The van der Waals surface area contributed by atoms with Crippen LogP contribution in [0.5, 0.6) is 0 Å². The van der Waals surface area contributed by atoms with E-state index in [0.29, 0.717) is 39.8 Å². The Morgan fingerprint density at radius 1 is 1.24 bits per heavy atom. The van der Waals surface area contributed by atoms with Gasteiger partial charge in [0.2, 0.25) is 0 Å². The molecule has 29 heavy (non-hydrogen) atoms. The van der Waals surface area contributed by atoms with Crippen LogP contribution in [0.25, 0.3) is 0 Å². The Labute approximate surface area is 185 Å². The van der Waals surface area contributed by atoms with E-state index in [4.69, 9.17) is 33.7 Å². The lowest BCUT2D eigenvalue weighted by atomic mass is 9.92. The summed E-state index contributed by atoms with van der Waals surface area (Å²) in [5.41, 5.74) is 8.43. The molecule has 0 radical (unpaired) electrons. The summed E-state index contributed by atoms with van der Waals surface area (Å²) >= 11 is 12.5. The molecule has 0 bridgehead atoms. The molecule has 4 N–H and O–H groups in total. The number of carbonyl (C=O) groups is 2. The Hall–Kier alpha value is -1.99. The number of esters is 1. The maximum atomic E-state index is 12.8. The normalized spacial score (nSPS) is 17.4. The number of nitrogens with two attached hydrogens (primary N) is 1. The van der Waals surface area contributed by atoms with Crippen molar-refractivity contribution in [3.8, 4) is 0 Å². The first-order valence-corrected chi connectivity index (χ1v) is 9.61. The molecule has 0 unspecified atom stereocenters. The number of benzene rings is 2. The average Bonchev–Trinajstić information content (AvgIpc) is 2.67. The van der Waals surface area contributed by atoms with E-state index in [1.807, 2.05) is 12.1 Å². The lowest BCUT2D eigenvalue weighted by Crippen LogP contribution is -2.41. The summed E-state index contributed by atoms with van der Waals surface area (Å²) in [6, 6.07) is 9.46. The number of hydrogen-bond donors (Lipinski definition) is 3. The molecule has 2 atom stereocenters. The fourth-order valence-corrected chi connectivity index (χ4v) is 3.94. The van der Waals surface area contributed by atoms with Gasteiger partial charge in [0, 0.05) is 33.3 Å². The lowest BCUT2D eigenvalue weighted by Gasteiger charge is -2.33. The Morgan fingerprint density at radius 2 is 1.93 bits per heavy atom. The molecule has 2 aromatic rings. The number of fused-ring (bicyclic) bond motifs is 1. The van der Waals surface area contributed by atoms with Crippen LogP contribution in [0.3, 0.4) is 0 Å². The molecule has 0 aromatic heterocycles. The molecular formula is C20H22Cl3N3O3. The Bertz CT molecular complexity index is 891. The van der Waals surface area contributed by atoms with Crippen LogP contribution >= 0.6 is 35.6 Å². The van der Waals surface area contributed by atoms with Crippen LogP contribution in [-0.4, -0.2) is 31.6 Å². The second-order valence-electron chi connectivity index (χ2n) is 6.57. The minimum absolute atomic E-state index is 0. The first-order valence-electron chi connectivity index (χ1n) is 8.86. The van der Waals surface area contributed by atoms with E-state index in [1.54, 1.807) is 24.3 Å². The molecule has 0 spiro atoms. The van der Waals surface area contributed by atoms with Crippen molar-refractivity contribution >= 4 is 53.2 Å². The number of carbonyl (C=O) groups excluding carboxylic acids is 2. The highest BCUT2D eigenvalue weighted by molar-refractivity contribution is 6.35. The van der Waals surface area contributed by atoms with Gasteiger partial charge < -0.3 is 21.1 Å². The predicted molar refractivity (Wildman–Crippen MR) is 117 cm³/mol.